The molecule has 0 unspecified atom stereocenters. The number of aromatic nitrogens is 4. The fraction of sp³-hybridized carbons (Fsp3) is 0.571. The van der Waals surface area contributed by atoms with E-state index in [0.717, 1.165) is 0 Å². The first-order valence-electron chi connectivity index (χ1n) is 11.0. The molecule has 0 bridgehead atoms. The molecule has 2 aliphatic rings. The lowest BCUT2D eigenvalue weighted by Crippen LogP contribution is -2.46. The van der Waals surface area contributed by atoms with Crippen LogP contribution in [0.4, 0.5) is 22.5 Å². The molecule has 2 saturated heterocycles. The predicted molar refractivity (Wildman–Crippen MR) is 122 cm³/mol. The number of nitrogens with one attached hydrogen (secondary N) is 1. The number of hydrogen-bond acceptors (Lipinski definition) is 11. The van der Waals surface area contributed by atoms with Gasteiger partial charge in [0, 0.05) is 50.2 Å². The molecule has 1 amide bonds. The van der Waals surface area contributed by atoms with Crippen molar-refractivity contribution in [2.45, 2.75) is 31.9 Å². The molecule has 4 N–H and O–H groups in total. The molecule has 0 spiro atoms. The molecular weight excluding hydrogens is 428 g/mol. The fourth-order valence-electron chi connectivity index (χ4n) is 3.87. The second kappa shape index (κ2) is 9.71. The van der Waals surface area contributed by atoms with Crippen molar-refractivity contribution in [3.05, 3.63) is 18.5 Å². The second-order valence-electron chi connectivity index (χ2n) is 8.54. The lowest BCUT2D eigenvalue weighted by atomic mass is 10.00. The molecule has 1 atom stereocenters. The zero-order valence-electron chi connectivity index (χ0n) is 18.9. The number of aliphatic hydroxyl groups is 1. The summed E-state index contributed by atoms with van der Waals surface area (Å²) in [6.45, 7) is 6.73. The summed E-state index contributed by atoms with van der Waals surface area (Å²) in [7, 11) is 0. The maximum Gasteiger partial charge on any atom is 0.410 e. The Labute approximate surface area is 192 Å². The predicted octanol–water partition coefficient (Wildman–Crippen LogP) is 0.746. The number of likely N-dealkylation sites (tertiary alicyclic amines) is 1. The van der Waals surface area contributed by atoms with Crippen LogP contribution in [0.25, 0.3) is 11.3 Å². The lowest BCUT2D eigenvalue weighted by Gasteiger charge is -2.31. The van der Waals surface area contributed by atoms with Crippen molar-refractivity contribution in [2.24, 2.45) is 0 Å². The van der Waals surface area contributed by atoms with E-state index >= 15 is 0 Å². The Balaban J connectivity index is 1.62. The molecule has 33 heavy (non-hydrogen) atoms. The summed E-state index contributed by atoms with van der Waals surface area (Å²) in [6, 6.07) is 1.78. The third kappa shape index (κ3) is 5.40. The van der Waals surface area contributed by atoms with Gasteiger partial charge in [-0.15, -0.1) is 0 Å². The largest absolute Gasteiger partial charge is 0.447 e. The summed E-state index contributed by atoms with van der Waals surface area (Å²) in [6.07, 6.45) is 3.17. The van der Waals surface area contributed by atoms with Gasteiger partial charge in [0.2, 0.25) is 11.9 Å². The third-order valence-electron chi connectivity index (χ3n) is 5.62. The number of aliphatic hydroxyl groups excluding tert-OH is 1. The smallest absolute Gasteiger partial charge is 0.410 e. The molecular formula is C21H30N8O4. The van der Waals surface area contributed by atoms with Gasteiger partial charge < -0.3 is 35.4 Å². The van der Waals surface area contributed by atoms with Crippen molar-refractivity contribution >= 4 is 23.8 Å². The number of anilines is 3. The van der Waals surface area contributed by atoms with E-state index in [9.17, 15) is 9.90 Å². The van der Waals surface area contributed by atoms with Crippen molar-refractivity contribution in [1.29, 1.82) is 0 Å². The van der Waals surface area contributed by atoms with Gasteiger partial charge in [-0.1, -0.05) is 0 Å². The standard InChI is InChI=1S/C21H30N8O4/c1-14(2)33-20(31)29-4-3-21(12-29,13-30)27-17-9-16(15-10-23-18(22)24-11-15)25-19(26-17)28-5-7-32-8-6-28/h9-11,14,30H,3-8,12-13H2,1-2H3,(H2,22,23,24)(H,25,26,27)/t21-/m0/s1. The quantitative estimate of drug-likeness (QED) is 0.562. The minimum absolute atomic E-state index is 0.171. The molecule has 0 aliphatic carbocycles. The highest BCUT2D eigenvalue weighted by molar-refractivity contribution is 5.69. The maximum atomic E-state index is 12.4. The molecule has 0 radical (unpaired) electrons. The molecule has 12 heteroatoms. The highest BCUT2D eigenvalue weighted by Crippen LogP contribution is 2.29. The van der Waals surface area contributed by atoms with Crippen molar-refractivity contribution < 1.29 is 19.4 Å². The van der Waals surface area contributed by atoms with Gasteiger partial charge in [0.15, 0.2) is 0 Å². The average Bonchev–Trinajstić information content (AvgIpc) is 3.24. The van der Waals surface area contributed by atoms with Gasteiger partial charge in [-0.25, -0.2) is 19.7 Å². The molecule has 4 heterocycles. The van der Waals surface area contributed by atoms with Gasteiger partial charge in [-0.3, -0.25) is 0 Å². The van der Waals surface area contributed by atoms with Crippen molar-refractivity contribution in [1.82, 2.24) is 24.8 Å². The first-order chi connectivity index (χ1) is 15.9. The topological polar surface area (TPSA) is 152 Å². The number of hydrogen-bond donors (Lipinski definition) is 3. The Hall–Kier alpha value is -3.25. The first kappa shape index (κ1) is 22.9. The zero-order valence-corrected chi connectivity index (χ0v) is 18.9. The van der Waals surface area contributed by atoms with Gasteiger partial charge in [0.1, 0.15) is 5.82 Å². The van der Waals surface area contributed by atoms with Crippen LogP contribution in [0.15, 0.2) is 18.5 Å². The fourth-order valence-corrected chi connectivity index (χ4v) is 3.87. The van der Waals surface area contributed by atoms with E-state index in [2.05, 4.69) is 15.3 Å². The van der Waals surface area contributed by atoms with E-state index < -0.39 is 11.6 Å². The molecule has 12 nitrogen and oxygen atoms in total. The number of nitrogens with zero attached hydrogens (tertiary/aromatic N) is 6. The van der Waals surface area contributed by atoms with Crippen LogP contribution in [0, 0.1) is 0 Å². The number of nitrogen functional groups attached to an aromatic ring is 1. The van der Waals surface area contributed by atoms with Crippen LogP contribution in [-0.2, 0) is 9.47 Å². The monoisotopic (exact) mass is 458 g/mol. The maximum absolute atomic E-state index is 12.4. The summed E-state index contributed by atoms with van der Waals surface area (Å²) >= 11 is 0. The van der Waals surface area contributed by atoms with E-state index in [1.54, 1.807) is 23.4 Å². The summed E-state index contributed by atoms with van der Waals surface area (Å²) < 4.78 is 10.8. The van der Waals surface area contributed by atoms with Gasteiger partial charge in [-0.05, 0) is 20.3 Å². The Morgan fingerprint density at radius 1 is 1.27 bits per heavy atom. The molecule has 178 valence electrons. The van der Waals surface area contributed by atoms with Gasteiger partial charge >= 0.3 is 6.09 Å². The molecule has 2 aromatic heterocycles. The van der Waals surface area contributed by atoms with Gasteiger partial charge in [0.25, 0.3) is 0 Å². The van der Waals surface area contributed by atoms with Crippen LogP contribution in [-0.4, -0.2) is 93.7 Å². The van der Waals surface area contributed by atoms with E-state index in [1.807, 2.05) is 18.7 Å². The lowest BCUT2D eigenvalue weighted by molar-refractivity contribution is 0.0810. The Morgan fingerprint density at radius 2 is 2.00 bits per heavy atom. The van der Waals surface area contributed by atoms with Crippen LogP contribution in [0.3, 0.4) is 0 Å². The normalized spacial score (nSPS) is 20.8. The SMILES string of the molecule is CC(C)OC(=O)N1CC[C@](CO)(Nc2cc(-c3cnc(N)nc3)nc(N3CCOCC3)n2)C1. The molecule has 0 aromatic carbocycles. The number of carbonyl (C=O) groups excluding carboxylic acids is 1. The molecule has 4 rings (SSSR count). The molecule has 2 aromatic rings. The van der Waals surface area contributed by atoms with Crippen molar-refractivity contribution in [2.75, 3.05) is 62.0 Å². The van der Waals surface area contributed by atoms with Gasteiger partial charge in [-0.2, -0.15) is 4.98 Å². The highest BCUT2D eigenvalue weighted by Gasteiger charge is 2.41. The van der Waals surface area contributed by atoms with E-state index in [4.69, 9.17) is 25.2 Å². The number of morpholine rings is 1. The second-order valence-corrected chi connectivity index (χ2v) is 8.54. The van der Waals surface area contributed by atoms with Crippen LogP contribution >= 0.6 is 0 Å². The Morgan fingerprint density at radius 3 is 2.67 bits per heavy atom. The molecule has 0 saturated carbocycles. The number of carbonyl (C=O) groups is 1. The van der Waals surface area contributed by atoms with Gasteiger partial charge in [0.05, 0.1) is 37.2 Å². The Kier molecular flexibility index (Phi) is 6.75. The van der Waals surface area contributed by atoms with Crippen molar-refractivity contribution in [3.63, 3.8) is 0 Å². The minimum Gasteiger partial charge on any atom is -0.447 e. The van der Waals surface area contributed by atoms with E-state index in [0.29, 0.717) is 68.8 Å². The van der Waals surface area contributed by atoms with E-state index in [1.165, 1.54) is 0 Å². The van der Waals surface area contributed by atoms with Crippen LogP contribution in [0.2, 0.25) is 0 Å². The summed E-state index contributed by atoms with van der Waals surface area (Å²) in [5.41, 5.74) is 6.20. The van der Waals surface area contributed by atoms with E-state index in [-0.39, 0.29) is 18.7 Å². The van der Waals surface area contributed by atoms with Crippen LogP contribution in [0.1, 0.15) is 20.3 Å². The first-order valence-corrected chi connectivity index (χ1v) is 11.0. The van der Waals surface area contributed by atoms with Crippen LogP contribution in [0.5, 0.6) is 0 Å². The zero-order chi connectivity index (χ0) is 23.4. The third-order valence-corrected chi connectivity index (χ3v) is 5.62. The number of amides is 1. The number of rotatable bonds is 6. The minimum atomic E-state index is -0.748. The Bertz CT molecular complexity index is 967. The average molecular weight is 459 g/mol. The highest BCUT2D eigenvalue weighted by atomic mass is 16.6. The summed E-state index contributed by atoms with van der Waals surface area (Å²) in [5.74, 6) is 1.25. The van der Waals surface area contributed by atoms with Crippen LogP contribution < -0.4 is 16.0 Å². The van der Waals surface area contributed by atoms with Crippen molar-refractivity contribution in [3.8, 4) is 11.3 Å². The summed E-state index contributed by atoms with van der Waals surface area (Å²) in [5, 5.41) is 13.6. The number of nitrogens with two attached hydrogens (primary N) is 1. The molecule has 2 fully saturated rings. The summed E-state index contributed by atoms with van der Waals surface area (Å²) in [4.78, 5) is 33.6. The molecule has 2 aliphatic heterocycles. The number of ether oxygens (including phenoxy) is 2.